The smallest absolute Gasteiger partial charge is 0.341 e. The van der Waals surface area contributed by atoms with Crippen LogP contribution in [0.1, 0.15) is 19.8 Å². The number of benzene rings is 1. The van der Waals surface area contributed by atoms with Crippen molar-refractivity contribution in [3.05, 3.63) is 24.3 Å². The van der Waals surface area contributed by atoms with Crippen molar-refractivity contribution in [3.63, 3.8) is 0 Å². The van der Waals surface area contributed by atoms with E-state index in [1.165, 1.54) is 0 Å². The Morgan fingerprint density at radius 1 is 1.47 bits per heavy atom. The number of carbonyl (C=O) groups excluding carboxylic acids is 1. The van der Waals surface area contributed by atoms with E-state index >= 15 is 0 Å². The number of aliphatic carboxylic acids is 1. The Labute approximate surface area is 111 Å². The third-order valence-electron chi connectivity index (χ3n) is 2.31. The lowest BCUT2D eigenvalue weighted by Crippen LogP contribution is -2.19. The van der Waals surface area contributed by atoms with Gasteiger partial charge in [0.1, 0.15) is 5.75 Å². The summed E-state index contributed by atoms with van der Waals surface area (Å²) in [5.74, 6) is -0.786. The first-order valence-corrected chi connectivity index (χ1v) is 5.97. The van der Waals surface area contributed by atoms with Crippen LogP contribution < -0.4 is 15.8 Å². The molecule has 0 fully saturated rings. The molecule has 0 bridgehead atoms. The van der Waals surface area contributed by atoms with Gasteiger partial charge in [-0.25, -0.2) is 4.79 Å². The standard InChI is InChI=1S/C13H18N2O4/c1-9(14)5-6-12(16)15-10-3-2-4-11(7-10)19-8-13(17)18/h2-4,7,9H,5-6,8,14H2,1H3,(H,15,16)(H,17,18). The SMILES string of the molecule is CC(N)CCC(=O)Nc1cccc(OCC(=O)O)c1. The molecule has 1 aromatic rings. The van der Waals surface area contributed by atoms with E-state index in [1.54, 1.807) is 24.3 Å². The molecule has 1 unspecified atom stereocenters. The Morgan fingerprint density at radius 2 is 2.21 bits per heavy atom. The summed E-state index contributed by atoms with van der Waals surface area (Å²) >= 11 is 0. The van der Waals surface area contributed by atoms with Gasteiger partial charge in [0.15, 0.2) is 6.61 Å². The summed E-state index contributed by atoms with van der Waals surface area (Å²) in [5.41, 5.74) is 6.14. The summed E-state index contributed by atoms with van der Waals surface area (Å²) in [6.45, 7) is 1.43. The van der Waals surface area contributed by atoms with Crippen LogP contribution in [0.15, 0.2) is 24.3 Å². The van der Waals surface area contributed by atoms with Crippen LogP contribution in [-0.2, 0) is 9.59 Å². The summed E-state index contributed by atoms with van der Waals surface area (Å²) < 4.78 is 5.02. The van der Waals surface area contributed by atoms with E-state index < -0.39 is 12.6 Å². The Bertz CT molecular complexity index is 446. The van der Waals surface area contributed by atoms with E-state index in [4.69, 9.17) is 15.6 Å². The number of ether oxygens (including phenoxy) is 1. The van der Waals surface area contributed by atoms with Gasteiger partial charge in [0.2, 0.25) is 5.91 Å². The molecule has 4 N–H and O–H groups in total. The maximum Gasteiger partial charge on any atom is 0.341 e. The van der Waals surface area contributed by atoms with E-state index in [1.807, 2.05) is 6.92 Å². The molecule has 0 radical (unpaired) electrons. The number of carbonyl (C=O) groups is 2. The number of carboxylic acid groups (broad SMARTS) is 1. The maximum atomic E-state index is 11.6. The zero-order valence-corrected chi connectivity index (χ0v) is 10.8. The molecule has 19 heavy (non-hydrogen) atoms. The second kappa shape index (κ2) is 7.38. The summed E-state index contributed by atoms with van der Waals surface area (Å²) in [6, 6.07) is 6.57. The van der Waals surface area contributed by atoms with Gasteiger partial charge in [-0.15, -0.1) is 0 Å². The molecular weight excluding hydrogens is 248 g/mol. The van der Waals surface area contributed by atoms with Crippen molar-refractivity contribution >= 4 is 17.6 Å². The topological polar surface area (TPSA) is 102 Å². The summed E-state index contributed by atoms with van der Waals surface area (Å²) in [6.07, 6.45) is 0.957. The molecule has 0 saturated carbocycles. The highest BCUT2D eigenvalue weighted by atomic mass is 16.5. The number of hydrogen-bond donors (Lipinski definition) is 3. The highest BCUT2D eigenvalue weighted by Crippen LogP contribution is 2.17. The van der Waals surface area contributed by atoms with Crippen molar-refractivity contribution in [2.75, 3.05) is 11.9 Å². The number of amides is 1. The molecule has 104 valence electrons. The largest absolute Gasteiger partial charge is 0.482 e. The second-order valence-electron chi connectivity index (χ2n) is 4.27. The Balaban J connectivity index is 2.51. The van der Waals surface area contributed by atoms with Crippen LogP contribution in [0.4, 0.5) is 5.69 Å². The third-order valence-corrected chi connectivity index (χ3v) is 2.31. The minimum atomic E-state index is -1.05. The van der Waals surface area contributed by atoms with Crippen molar-refractivity contribution in [1.82, 2.24) is 0 Å². The van der Waals surface area contributed by atoms with Crippen molar-refractivity contribution in [2.24, 2.45) is 5.73 Å². The first-order chi connectivity index (χ1) is 8.97. The average molecular weight is 266 g/mol. The molecule has 0 aliphatic heterocycles. The van der Waals surface area contributed by atoms with Crippen LogP contribution in [0, 0.1) is 0 Å². The second-order valence-corrected chi connectivity index (χ2v) is 4.27. The first-order valence-electron chi connectivity index (χ1n) is 5.97. The van der Waals surface area contributed by atoms with Gasteiger partial charge in [-0.05, 0) is 25.5 Å². The fraction of sp³-hybridized carbons (Fsp3) is 0.385. The van der Waals surface area contributed by atoms with Crippen LogP contribution in [-0.4, -0.2) is 29.6 Å². The summed E-state index contributed by atoms with van der Waals surface area (Å²) in [4.78, 5) is 22.0. The van der Waals surface area contributed by atoms with Crippen LogP contribution >= 0.6 is 0 Å². The number of hydrogen-bond acceptors (Lipinski definition) is 4. The van der Waals surface area contributed by atoms with Crippen molar-refractivity contribution in [3.8, 4) is 5.75 Å². The van der Waals surface area contributed by atoms with Gasteiger partial charge in [0.05, 0.1) is 0 Å². The number of nitrogens with one attached hydrogen (secondary N) is 1. The lowest BCUT2D eigenvalue weighted by atomic mass is 10.2. The Kier molecular flexibility index (Phi) is 5.81. The molecule has 0 heterocycles. The van der Waals surface area contributed by atoms with Crippen molar-refractivity contribution in [1.29, 1.82) is 0 Å². The molecule has 0 spiro atoms. The normalized spacial score (nSPS) is 11.7. The third kappa shape index (κ3) is 6.42. The van der Waals surface area contributed by atoms with Crippen molar-refractivity contribution in [2.45, 2.75) is 25.8 Å². The lowest BCUT2D eigenvalue weighted by Gasteiger charge is -2.09. The quantitative estimate of drug-likeness (QED) is 0.688. The van der Waals surface area contributed by atoms with Crippen LogP contribution in [0.25, 0.3) is 0 Å². The van der Waals surface area contributed by atoms with Gasteiger partial charge in [0.25, 0.3) is 0 Å². The average Bonchev–Trinajstić information content (AvgIpc) is 2.34. The highest BCUT2D eigenvalue weighted by Gasteiger charge is 2.05. The maximum absolute atomic E-state index is 11.6. The first kappa shape index (κ1) is 15.0. The molecule has 1 atom stereocenters. The molecule has 0 aromatic heterocycles. The van der Waals surface area contributed by atoms with Gasteiger partial charge in [-0.2, -0.15) is 0 Å². The molecule has 1 rings (SSSR count). The van der Waals surface area contributed by atoms with Crippen molar-refractivity contribution < 1.29 is 19.4 Å². The number of rotatable bonds is 7. The Morgan fingerprint density at radius 3 is 2.84 bits per heavy atom. The van der Waals surface area contributed by atoms with Gasteiger partial charge in [-0.3, -0.25) is 4.79 Å². The zero-order chi connectivity index (χ0) is 14.3. The fourth-order valence-electron chi connectivity index (χ4n) is 1.39. The van der Waals surface area contributed by atoms with E-state index in [0.29, 0.717) is 24.3 Å². The number of carboxylic acids is 1. The molecule has 0 aliphatic carbocycles. The van der Waals surface area contributed by atoms with Gasteiger partial charge in [-0.1, -0.05) is 6.07 Å². The zero-order valence-electron chi connectivity index (χ0n) is 10.8. The molecular formula is C13H18N2O4. The van der Waals surface area contributed by atoms with Gasteiger partial charge >= 0.3 is 5.97 Å². The summed E-state index contributed by atoms with van der Waals surface area (Å²) in [5, 5.41) is 11.2. The predicted octanol–water partition coefficient (Wildman–Crippen LogP) is 1.22. The van der Waals surface area contributed by atoms with Crippen LogP contribution in [0.5, 0.6) is 5.75 Å². The number of nitrogens with two attached hydrogens (primary N) is 1. The lowest BCUT2D eigenvalue weighted by molar-refractivity contribution is -0.139. The van der Waals surface area contributed by atoms with E-state index in [2.05, 4.69) is 5.32 Å². The molecule has 1 aromatic carbocycles. The number of anilines is 1. The summed E-state index contributed by atoms with van der Waals surface area (Å²) in [7, 11) is 0. The predicted molar refractivity (Wildman–Crippen MR) is 71.1 cm³/mol. The van der Waals surface area contributed by atoms with Crippen LogP contribution in [0.2, 0.25) is 0 Å². The van der Waals surface area contributed by atoms with E-state index in [-0.39, 0.29) is 11.9 Å². The van der Waals surface area contributed by atoms with Crippen LogP contribution in [0.3, 0.4) is 0 Å². The minimum Gasteiger partial charge on any atom is -0.482 e. The monoisotopic (exact) mass is 266 g/mol. The molecule has 0 saturated heterocycles. The fourth-order valence-corrected chi connectivity index (χ4v) is 1.39. The van der Waals surface area contributed by atoms with Gasteiger partial charge < -0.3 is 20.9 Å². The minimum absolute atomic E-state index is 0.0176. The van der Waals surface area contributed by atoms with Gasteiger partial charge in [0, 0.05) is 24.2 Å². The Hall–Kier alpha value is -2.08. The van der Waals surface area contributed by atoms with E-state index in [9.17, 15) is 9.59 Å². The molecule has 0 aliphatic rings. The van der Waals surface area contributed by atoms with E-state index in [0.717, 1.165) is 0 Å². The molecule has 1 amide bonds. The highest BCUT2D eigenvalue weighted by molar-refractivity contribution is 5.90. The molecule has 6 nitrogen and oxygen atoms in total. The molecule has 6 heteroatoms.